The number of carbonyl (C=O) groups is 1. The molecule has 10 heteroatoms. The summed E-state index contributed by atoms with van der Waals surface area (Å²) < 4.78 is 21.1. The molecule has 2 aliphatic rings. The van der Waals surface area contributed by atoms with Crippen LogP contribution in [-0.4, -0.2) is 60.5 Å². The van der Waals surface area contributed by atoms with Crippen LogP contribution in [0.15, 0.2) is 59.8 Å². The third kappa shape index (κ3) is 6.97. The van der Waals surface area contributed by atoms with Gasteiger partial charge in [0.2, 0.25) is 0 Å². The number of amides is 1. The predicted molar refractivity (Wildman–Crippen MR) is 151 cm³/mol. The lowest BCUT2D eigenvalue weighted by molar-refractivity contribution is -0.116. The number of nitrogens with zero attached hydrogens (tertiary/aromatic N) is 2. The molecule has 39 heavy (non-hydrogen) atoms. The van der Waals surface area contributed by atoms with Gasteiger partial charge in [0.1, 0.15) is 13.2 Å². The Kier molecular flexibility index (Phi) is 8.82. The van der Waals surface area contributed by atoms with E-state index in [0.29, 0.717) is 22.0 Å². The number of carbonyl (C=O) groups excluding carboxylic acids is 1. The fourth-order valence-corrected chi connectivity index (χ4v) is 5.73. The van der Waals surface area contributed by atoms with E-state index >= 15 is 0 Å². The quantitative estimate of drug-likeness (QED) is 0.237. The highest BCUT2D eigenvalue weighted by Gasteiger charge is 2.30. The van der Waals surface area contributed by atoms with Gasteiger partial charge in [0.25, 0.3) is 5.91 Å². The fourth-order valence-electron chi connectivity index (χ4n) is 4.68. The lowest BCUT2D eigenvalue weighted by atomic mass is 10.00. The maximum atomic E-state index is 14.8. The largest absolute Gasteiger partial charge is 0.487 e. The minimum atomic E-state index is -1.14. The van der Waals surface area contributed by atoms with E-state index in [0.717, 1.165) is 49.2 Å². The van der Waals surface area contributed by atoms with Crippen LogP contribution in [-0.2, 0) is 9.63 Å². The lowest BCUT2D eigenvalue weighted by Gasteiger charge is -2.29. The van der Waals surface area contributed by atoms with Crippen molar-refractivity contribution < 1.29 is 23.9 Å². The number of nitrogens with one attached hydrogen (secondary N) is 1. The van der Waals surface area contributed by atoms with Gasteiger partial charge in [0.15, 0.2) is 17.3 Å². The first-order chi connectivity index (χ1) is 18.9. The SMILES string of the molecule is CO/N=C(/C(=O)N[C@H](CN1CCCC1)[C@H](O)c1ccc(OC2CC2)c(F)c1)c1ccc(-c2ccc(Cl)s2)cc1. The maximum Gasteiger partial charge on any atom is 0.274 e. The van der Waals surface area contributed by atoms with Crippen LogP contribution in [0.2, 0.25) is 4.34 Å². The zero-order chi connectivity index (χ0) is 27.4. The number of hydrogen-bond acceptors (Lipinski definition) is 7. The van der Waals surface area contributed by atoms with Crippen molar-refractivity contribution in [3.63, 3.8) is 0 Å². The van der Waals surface area contributed by atoms with E-state index in [-0.39, 0.29) is 17.6 Å². The third-order valence-corrected chi connectivity index (χ3v) is 8.16. The Hall–Kier alpha value is -2.98. The van der Waals surface area contributed by atoms with Crippen molar-refractivity contribution in [2.24, 2.45) is 5.16 Å². The molecular weight excluding hydrogens is 541 g/mol. The summed E-state index contributed by atoms with van der Waals surface area (Å²) in [4.78, 5) is 21.7. The molecular formula is C29H31ClFN3O4S. The van der Waals surface area contributed by atoms with E-state index in [4.69, 9.17) is 21.2 Å². The second-order valence-corrected chi connectivity index (χ2v) is 11.6. The smallest absolute Gasteiger partial charge is 0.274 e. The molecule has 5 rings (SSSR count). The number of likely N-dealkylation sites (tertiary alicyclic amines) is 1. The number of halogens is 2. The van der Waals surface area contributed by atoms with Crippen molar-refractivity contribution in [1.29, 1.82) is 0 Å². The van der Waals surface area contributed by atoms with Crippen LogP contribution >= 0.6 is 22.9 Å². The Morgan fingerprint density at radius 1 is 1.18 bits per heavy atom. The molecule has 0 radical (unpaired) electrons. The molecule has 1 amide bonds. The third-order valence-electron chi connectivity index (χ3n) is 6.88. The van der Waals surface area contributed by atoms with E-state index in [2.05, 4.69) is 15.4 Å². The van der Waals surface area contributed by atoms with Crippen molar-refractivity contribution in [2.75, 3.05) is 26.7 Å². The molecule has 1 aromatic heterocycles. The summed E-state index contributed by atoms with van der Waals surface area (Å²) in [7, 11) is 1.37. The van der Waals surface area contributed by atoms with Crippen molar-refractivity contribution in [1.82, 2.24) is 10.2 Å². The van der Waals surface area contributed by atoms with E-state index in [9.17, 15) is 14.3 Å². The Bertz CT molecular complexity index is 1320. The maximum absolute atomic E-state index is 14.8. The lowest BCUT2D eigenvalue weighted by Crippen LogP contribution is -2.49. The summed E-state index contributed by atoms with van der Waals surface area (Å²) >= 11 is 7.54. The first kappa shape index (κ1) is 27.6. The molecule has 0 bridgehead atoms. The Labute approximate surface area is 236 Å². The standard InChI is InChI=1S/C29H31ClFN3O4S/c1-37-33-27(19-6-4-18(5-7-19)25-12-13-26(30)39-25)29(36)32-23(17-34-14-2-3-15-34)28(35)20-8-11-24(22(31)16-20)38-21-9-10-21/h4-8,11-13,16,21,23,28,35H,2-3,9-10,14-15,17H2,1H3,(H,32,36)/b33-27+/t23-,28-/m1/s1. The molecule has 2 fully saturated rings. The molecule has 1 saturated carbocycles. The Morgan fingerprint density at radius 2 is 1.92 bits per heavy atom. The van der Waals surface area contributed by atoms with Crippen LogP contribution in [0.1, 0.15) is 42.9 Å². The molecule has 7 nitrogen and oxygen atoms in total. The molecule has 3 aromatic rings. The first-order valence-electron chi connectivity index (χ1n) is 13.1. The minimum absolute atomic E-state index is 0.0631. The number of aliphatic hydroxyl groups is 1. The highest BCUT2D eigenvalue weighted by molar-refractivity contribution is 7.19. The van der Waals surface area contributed by atoms with Crippen LogP contribution in [0.4, 0.5) is 4.39 Å². The first-order valence-corrected chi connectivity index (χ1v) is 14.3. The minimum Gasteiger partial charge on any atom is -0.487 e. The monoisotopic (exact) mass is 571 g/mol. The summed E-state index contributed by atoms with van der Waals surface area (Å²) in [5, 5.41) is 18.2. The second kappa shape index (κ2) is 12.5. The topological polar surface area (TPSA) is 83.4 Å². The van der Waals surface area contributed by atoms with E-state index < -0.39 is 23.9 Å². The molecule has 2 atom stereocenters. The number of oxime groups is 1. The van der Waals surface area contributed by atoms with Gasteiger partial charge in [0.05, 0.1) is 16.5 Å². The zero-order valence-electron chi connectivity index (χ0n) is 21.6. The molecule has 206 valence electrons. The van der Waals surface area contributed by atoms with Crippen molar-refractivity contribution >= 4 is 34.6 Å². The van der Waals surface area contributed by atoms with E-state index in [1.807, 2.05) is 24.3 Å². The summed E-state index contributed by atoms with van der Waals surface area (Å²) in [5.41, 5.74) is 1.96. The van der Waals surface area contributed by atoms with Gasteiger partial charge in [-0.2, -0.15) is 0 Å². The molecule has 0 unspecified atom stereocenters. The summed E-state index contributed by atoms with van der Waals surface area (Å²) in [6.07, 6.45) is 2.86. The highest BCUT2D eigenvalue weighted by Crippen LogP contribution is 2.32. The van der Waals surface area contributed by atoms with Crippen LogP contribution in [0.25, 0.3) is 10.4 Å². The van der Waals surface area contributed by atoms with Crippen LogP contribution in [0.5, 0.6) is 5.75 Å². The summed E-state index contributed by atoms with van der Waals surface area (Å²) in [6.45, 7) is 2.15. The molecule has 2 heterocycles. The molecule has 2 N–H and O–H groups in total. The number of hydrogen-bond donors (Lipinski definition) is 2. The van der Waals surface area contributed by atoms with Gasteiger partial charge in [0, 0.05) is 17.0 Å². The van der Waals surface area contributed by atoms with Crippen molar-refractivity contribution in [3.05, 3.63) is 75.9 Å². The Morgan fingerprint density at radius 3 is 2.54 bits per heavy atom. The number of thiophene rings is 1. The molecule has 1 aliphatic heterocycles. The normalized spacial score (nSPS) is 17.6. The van der Waals surface area contributed by atoms with Crippen LogP contribution in [0.3, 0.4) is 0 Å². The molecule has 1 aliphatic carbocycles. The van der Waals surface area contributed by atoms with Gasteiger partial charge in [-0.25, -0.2) is 4.39 Å². The van der Waals surface area contributed by atoms with E-state index in [1.165, 1.54) is 24.5 Å². The van der Waals surface area contributed by atoms with Gasteiger partial charge < -0.3 is 24.9 Å². The zero-order valence-corrected chi connectivity index (χ0v) is 23.2. The van der Waals surface area contributed by atoms with Crippen molar-refractivity contribution in [3.8, 4) is 16.2 Å². The van der Waals surface area contributed by atoms with E-state index in [1.54, 1.807) is 24.3 Å². The van der Waals surface area contributed by atoms with Crippen LogP contribution in [0, 0.1) is 5.82 Å². The van der Waals surface area contributed by atoms with Gasteiger partial charge in [-0.15, -0.1) is 11.3 Å². The average Bonchev–Trinajstić information content (AvgIpc) is 3.40. The number of benzene rings is 2. The number of aliphatic hydroxyl groups excluding tert-OH is 1. The van der Waals surface area contributed by atoms with Gasteiger partial charge in [-0.1, -0.05) is 47.1 Å². The summed E-state index contributed by atoms with van der Waals surface area (Å²) in [5.74, 6) is -0.851. The average molecular weight is 572 g/mol. The van der Waals surface area contributed by atoms with Gasteiger partial charge >= 0.3 is 0 Å². The van der Waals surface area contributed by atoms with Gasteiger partial charge in [-0.05, 0) is 74.2 Å². The molecule has 0 spiro atoms. The van der Waals surface area contributed by atoms with Crippen LogP contribution < -0.4 is 10.1 Å². The fraction of sp³-hybridized carbons (Fsp3) is 0.379. The predicted octanol–water partition coefficient (Wildman–Crippen LogP) is 5.41. The van der Waals surface area contributed by atoms with Crippen molar-refractivity contribution in [2.45, 2.75) is 43.9 Å². The summed E-state index contributed by atoms with van der Waals surface area (Å²) in [6, 6.07) is 14.9. The van der Waals surface area contributed by atoms with Gasteiger partial charge in [-0.3, -0.25) is 4.79 Å². The molecule has 2 aromatic carbocycles. The highest BCUT2D eigenvalue weighted by atomic mass is 35.5. The number of ether oxygens (including phenoxy) is 1. The molecule has 1 saturated heterocycles. The second-order valence-electron chi connectivity index (χ2n) is 9.84. The Balaban J connectivity index is 1.35. The number of rotatable bonds is 11.